The summed E-state index contributed by atoms with van der Waals surface area (Å²) in [6, 6.07) is 6.25. The Morgan fingerprint density at radius 2 is 1.72 bits per heavy atom. The second-order valence-corrected chi connectivity index (χ2v) is 3.51. The highest BCUT2D eigenvalue weighted by Gasteiger charge is 1.93. The Morgan fingerprint density at radius 3 is 2.22 bits per heavy atom. The van der Waals surface area contributed by atoms with Crippen LogP contribution >= 0.6 is 0 Å². The van der Waals surface area contributed by atoms with E-state index in [1.54, 1.807) is 31.2 Å². The van der Waals surface area contributed by atoms with Crippen LogP contribution in [0.1, 0.15) is 26.3 Å². The van der Waals surface area contributed by atoms with Gasteiger partial charge < -0.3 is 16.8 Å². The molecule has 100 valence electrons. The topological polar surface area (TPSA) is 64.1 Å². The van der Waals surface area contributed by atoms with Crippen molar-refractivity contribution < 1.29 is 4.39 Å². The Bertz CT molecular complexity index is 390. The molecule has 0 radical (unpaired) electrons. The lowest BCUT2D eigenvalue weighted by atomic mass is 10.2. The molecule has 0 saturated heterocycles. The van der Waals surface area contributed by atoms with Gasteiger partial charge in [0.15, 0.2) is 0 Å². The third-order valence-corrected chi connectivity index (χ3v) is 1.94. The van der Waals surface area contributed by atoms with Gasteiger partial charge in [0.05, 0.1) is 5.82 Å². The number of nitrogens with two attached hydrogens (primary N) is 2. The smallest absolute Gasteiger partial charge is 0.123 e. The van der Waals surface area contributed by atoms with Crippen LogP contribution in [-0.4, -0.2) is 0 Å². The molecule has 4 heteroatoms. The molecule has 0 amide bonds. The molecule has 0 unspecified atom stereocenters. The number of rotatable bonds is 4. The van der Waals surface area contributed by atoms with Gasteiger partial charge in [-0.2, -0.15) is 0 Å². The molecule has 0 aliphatic heterocycles. The zero-order chi connectivity index (χ0) is 14.0. The van der Waals surface area contributed by atoms with Gasteiger partial charge in [-0.15, -0.1) is 0 Å². The van der Waals surface area contributed by atoms with Crippen LogP contribution in [0.25, 0.3) is 0 Å². The molecule has 0 aliphatic carbocycles. The van der Waals surface area contributed by atoms with E-state index in [-0.39, 0.29) is 5.82 Å². The van der Waals surface area contributed by atoms with Crippen molar-refractivity contribution in [3.8, 4) is 0 Å². The number of allylic oxidation sites excluding steroid dienone is 3. The maximum absolute atomic E-state index is 12.6. The van der Waals surface area contributed by atoms with E-state index in [2.05, 4.69) is 5.32 Å². The monoisotopic (exact) mass is 251 g/mol. The van der Waals surface area contributed by atoms with Crippen molar-refractivity contribution in [2.75, 3.05) is 0 Å². The minimum atomic E-state index is -0.242. The average Bonchev–Trinajstić information content (AvgIpc) is 2.38. The molecule has 1 rings (SSSR count). The van der Waals surface area contributed by atoms with Gasteiger partial charge in [0.1, 0.15) is 5.82 Å². The van der Waals surface area contributed by atoms with Crippen molar-refractivity contribution >= 4 is 0 Å². The number of benzene rings is 1. The Hall–Kier alpha value is -1.97. The van der Waals surface area contributed by atoms with Crippen LogP contribution in [0.2, 0.25) is 0 Å². The molecule has 1 aromatic carbocycles. The number of halogens is 1. The molecule has 0 fully saturated rings. The first-order valence-electron chi connectivity index (χ1n) is 5.96. The largest absolute Gasteiger partial charge is 0.402 e. The molecule has 0 saturated carbocycles. The summed E-state index contributed by atoms with van der Waals surface area (Å²) in [5, 5.41) is 2.99. The van der Waals surface area contributed by atoms with Gasteiger partial charge in [0.25, 0.3) is 0 Å². The molecule has 18 heavy (non-hydrogen) atoms. The summed E-state index contributed by atoms with van der Waals surface area (Å²) in [7, 11) is 0. The van der Waals surface area contributed by atoms with E-state index in [1.165, 1.54) is 12.1 Å². The van der Waals surface area contributed by atoms with Crippen molar-refractivity contribution in [3.63, 3.8) is 0 Å². The zero-order valence-corrected chi connectivity index (χ0v) is 11.2. The normalized spacial score (nSPS) is 11.6. The summed E-state index contributed by atoms with van der Waals surface area (Å²) >= 11 is 0. The fourth-order valence-corrected chi connectivity index (χ4v) is 1.09. The van der Waals surface area contributed by atoms with E-state index in [0.29, 0.717) is 18.1 Å². The number of hydrogen-bond acceptors (Lipinski definition) is 3. The minimum Gasteiger partial charge on any atom is -0.402 e. The summed E-state index contributed by atoms with van der Waals surface area (Å²) in [5.74, 6) is 0.281. The van der Waals surface area contributed by atoms with Crippen molar-refractivity contribution in [3.05, 3.63) is 59.3 Å². The van der Waals surface area contributed by atoms with Crippen LogP contribution in [0.5, 0.6) is 0 Å². The van der Waals surface area contributed by atoms with Crippen molar-refractivity contribution in [2.24, 2.45) is 11.5 Å². The van der Waals surface area contributed by atoms with Gasteiger partial charge in [0.2, 0.25) is 0 Å². The predicted octanol–water partition coefficient (Wildman–Crippen LogP) is 2.60. The molecule has 0 atom stereocenters. The quantitative estimate of drug-likeness (QED) is 0.721. The van der Waals surface area contributed by atoms with Crippen LogP contribution < -0.4 is 16.8 Å². The first-order valence-corrected chi connectivity index (χ1v) is 5.96. The predicted molar refractivity (Wildman–Crippen MR) is 74.8 cm³/mol. The lowest BCUT2D eigenvalue weighted by Gasteiger charge is -2.05. The minimum absolute atomic E-state index is 0.242. The van der Waals surface area contributed by atoms with Crippen molar-refractivity contribution in [2.45, 2.75) is 27.3 Å². The Balaban J connectivity index is 0.00000137. The summed E-state index contributed by atoms with van der Waals surface area (Å²) in [5.41, 5.74) is 12.8. The number of hydrogen-bond donors (Lipinski definition) is 3. The third-order valence-electron chi connectivity index (χ3n) is 1.94. The summed E-state index contributed by atoms with van der Waals surface area (Å²) in [6.45, 7) is 6.34. The van der Waals surface area contributed by atoms with E-state index >= 15 is 0 Å². The maximum atomic E-state index is 12.6. The van der Waals surface area contributed by atoms with E-state index in [9.17, 15) is 4.39 Å². The molecule has 0 aromatic heterocycles. The first kappa shape index (κ1) is 16.0. The molecular weight excluding hydrogens is 229 g/mol. The van der Waals surface area contributed by atoms with Crippen LogP contribution in [0, 0.1) is 5.82 Å². The Labute approximate surface area is 108 Å². The molecule has 0 bridgehead atoms. The summed E-state index contributed by atoms with van der Waals surface area (Å²) in [6.07, 6.45) is 3.41. The summed E-state index contributed by atoms with van der Waals surface area (Å²) in [4.78, 5) is 0. The van der Waals surface area contributed by atoms with Gasteiger partial charge in [0, 0.05) is 12.2 Å². The van der Waals surface area contributed by atoms with Gasteiger partial charge in [-0.3, -0.25) is 0 Å². The molecular formula is C14H22FN3. The summed E-state index contributed by atoms with van der Waals surface area (Å²) < 4.78 is 12.6. The van der Waals surface area contributed by atoms with Crippen molar-refractivity contribution in [1.29, 1.82) is 0 Å². The fourth-order valence-electron chi connectivity index (χ4n) is 1.09. The van der Waals surface area contributed by atoms with Crippen molar-refractivity contribution in [1.82, 2.24) is 5.32 Å². The lowest BCUT2D eigenvalue weighted by Crippen LogP contribution is -2.19. The fraction of sp³-hybridized carbons (Fsp3) is 0.286. The lowest BCUT2D eigenvalue weighted by molar-refractivity contribution is 0.626. The SMILES string of the molecule is C/C(N)=C/C=C(\N)NCc1ccc(F)cc1.CC. The molecule has 0 heterocycles. The van der Waals surface area contributed by atoms with Crippen LogP contribution in [-0.2, 0) is 6.54 Å². The average molecular weight is 251 g/mol. The van der Waals surface area contributed by atoms with Gasteiger partial charge in [-0.25, -0.2) is 4.39 Å². The molecule has 1 aromatic rings. The molecule has 5 N–H and O–H groups in total. The first-order chi connectivity index (χ1) is 8.58. The van der Waals surface area contributed by atoms with Gasteiger partial charge >= 0.3 is 0 Å². The number of nitrogens with one attached hydrogen (secondary N) is 1. The van der Waals surface area contributed by atoms with Crippen LogP contribution in [0.4, 0.5) is 4.39 Å². The maximum Gasteiger partial charge on any atom is 0.123 e. The molecule has 0 aliphatic rings. The van der Waals surface area contributed by atoms with Crippen LogP contribution in [0.15, 0.2) is 47.9 Å². The highest BCUT2D eigenvalue weighted by atomic mass is 19.1. The van der Waals surface area contributed by atoms with E-state index in [0.717, 1.165) is 5.56 Å². The second-order valence-electron chi connectivity index (χ2n) is 3.51. The van der Waals surface area contributed by atoms with Gasteiger partial charge in [-0.05, 0) is 36.8 Å². The standard InChI is InChI=1S/C12H16FN3.C2H6/c1-9(14)2-7-12(15)16-8-10-3-5-11(13)6-4-10;1-2/h2-7,16H,8,14-15H2,1H3;1-2H3/b9-2-,12-7+;. The molecule has 0 spiro atoms. The molecule has 3 nitrogen and oxygen atoms in total. The van der Waals surface area contributed by atoms with Gasteiger partial charge in [-0.1, -0.05) is 26.0 Å². The third kappa shape index (κ3) is 7.33. The van der Waals surface area contributed by atoms with E-state index < -0.39 is 0 Å². The highest BCUT2D eigenvalue weighted by Crippen LogP contribution is 2.02. The Morgan fingerprint density at radius 1 is 1.17 bits per heavy atom. The van der Waals surface area contributed by atoms with E-state index in [4.69, 9.17) is 11.5 Å². The van der Waals surface area contributed by atoms with E-state index in [1.807, 2.05) is 13.8 Å². The highest BCUT2D eigenvalue weighted by molar-refractivity contribution is 5.17. The Kier molecular flexibility index (Phi) is 8.10. The zero-order valence-electron chi connectivity index (χ0n) is 11.2. The second kappa shape index (κ2) is 9.10. The van der Waals surface area contributed by atoms with Crippen LogP contribution in [0.3, 0.4) is 0 Å².